The minimum atomic E-state index is 0.477. The Hall–Kier alpha value is -1.85. The zero-order valence-corrected chi connectivity index (χ0v) is 14.1. The van der Waals surface area contributed by atoms with Crippen molar-refractivity contribution < 1.29 is 9.26 Å². The van der Waals surface area contributed by atoms with Gasteiger partial charge in [0.2, 0.25) is 0 Å². The van der Waals surface area contributed by atoms with Crippen molar-refractivity contribution in [2.75, 3.05) is 21.2 Å². The van der Waals surface area contributed by atoms with Crippen LogP contribution in [0.1, 0.15) is 29.0 Å². The van der Waals surface area contributed by atoms with Crippen molar-refractivity contribution in [1.29, 1.82) is 0 Å². The molecule has 5 heteroatoms. The van der Waals surface area contributed by atoms with Crippen molar-refractivity contribution in [2.24, 2.45) is 0 Å². The fourth-order valence-electron chi connectivity index (χ4n) is 3.07. The smallest absolute Gasteiger partial charge is 0.140 e. The maximum absolute atomic E-state index is 5.51. The Kier molecular flexibility index (Phi) is 4.98. The minimum absolute atomic E-state index is 0.477. The number of hydrogen-bond donors (Lipinski definition) is 1. The molecule has 124 valence electrons. The van der Waals surface area contributed by atoms with Gasteiger partial charge in [-0.05, 0) is 44.6 Å². The molecule has 3 rings (SSSR count). The topological polar surface area (TPSA) is 50.5 Å². The zero-order valence-electron chi connectivity index (χ0n) is 14.1. The summed E-state index contributed by atoms with van der Waals surface area (Å²) < 4.78 is 10.7. The van der Waals surface area contributed by atoms with E-state index in [1.54, 1.807) is 7.11 Å². The third kappa shape index (κ3) is 3.92. The highest BCUT2D eigenvalue weighted by molar-refractivity contribution is 5.28. The second kappa shape index (κ2) is 7.15. The van der Waals surface area contributed by atoms with Crippen LogP contribution < -0.4 is 10.1 Å². The fourth-order valence-corrected chi connectivity index (χ4v) is 3.07. The molecule has 0 saturated carbocycles. The van der Waals surface area contributed by atoms with Gasteiger partial charge in [-0.2, -0.15) is 0 Å². The summed E-state index contributed by atoms with van der Waals surface area (Å²) in [4.78, 5) is 2.13. The summed E-state index contributed by atoms with van der Waals surface area (Å²) in [6.45, 7) is 1.71. The number of nitrogens with one attached hydrogen (secondary N) is 1. The van der Waals surface area contributed by atoms with Gasteiger partial charge in [0.1, 0.15) is 17.2 Å². The molecule has 1 N–H and O–H groups in total. The highest BCUT2D eigenvalue weighted by atomic mass is 16.5. The van der Waals surface area contributed by atoms with Crippen molar-refractivity contribution in [2.45, 2.75) is 38.4 Å². The first-order chi connectivity index (χ1) is 11.2. The summed E-state index contributed by atoms with van der Waals surface area (Å²) in [5.41, 5.74) is 3.66. The number of aryl methyl sites for hydroxylation is 1. The van der Waals surface area contributed by atoms with Crippen LogP contribution in [-0.2, 0) is 25.9 Å². The molecule has 1 heterocycles. The van der Waals surface area contributed by atoms with Crippen molar-refractivity contribution in [1.82, 2.24) is 15.4 Å². The Morgan fingerprint density at radius 1 is 1.30 bits per heavy atom. The van der Waals surface area contributed by atoms with Gasteiger partial charge in [-0.25, -0.2) is 0 Å². The van der Waals surface area contributed by atoms with Crippen LogP contribution in [-0.4, -0.2) is 37.3 Å². The number of ether oxygens (including phenoxy) is 1. The van der Waals surface area contributed by atoms with Gasteiger partial charge in [0, 0.05) is 31.1 Å². The van der Waals surface area contributed by atoms with Crippen LogP contribution in [0, 0.1) is 0 Å². The number of nitrogens with zero attached hydrogens (tertiary/aromatic N) is 2. The maximum Gasteiger partial charge on any atom is 0.140 e. The summed E-state index contributed by atoms with van der Waals surface area (Å²) in [6, 6.07) is 8.70. The molecular weight excluding hydrogens is 290 g/mol. The summed E-state index contributed by atoms with van der Waals surface area (Å²) in [6.07, 6.45) is 3.06. The number of fused-ring (bicyclic) bond motifs is 1. The molecule has 23 heavy (non-hydrogen) atoms. The Balaban J connectivity index is 1.59. The van der Waals surface area contributed by atoms with Crippen LogP contribution in [0.15, 0.2) is 28.8 Å². The van der Waals surface area contributed by atoms with Crippen LogP contribution in [0.4, 0.5) is 0 Å². The standard InChI is InChI=1S/C18H25N3O2/c1-21(2)12-17-16-10-14(6-9-18(16)23-20-17)19-11-13-4-7-15(22-3)8-5-13/h4-5,7-8,14,19H,6,9-12H2,1-3H3. The predicted molar refractivity (Wildman–Crippen MR) is 89.5 cm³/mol. The van der Waals surface area contributed by atoms with E-state index in [1.165, 1.54) is 11.1 Å². The van der Waals surface area contributed by atoms with Crippen LogP contribution in [0.5, 0.6) is 5.75 Å². The fraction of sp³-hybridized carbons (Fsp3) is 0.500. The number of rotatable bonds is 6. The summed E-state index contributed by atoms with van der Waals surface area (Å²) in [5, 5.41) is 7.91. The molecule has 5 nitrogen and oxygen atoms in total. The van der Waals surface area contributed by atoms with Gasteiger partial charge in [-0.3, -0.25) is 0 Å². The third-order valence-corrected chi connectivity index (χ3v) is 4.34. The SMILES string of the molecule is COc1ccc(CNC2CCc3onc(CN(C)C)c3C2)cc1. The average molecular weight is 315 g/mol. The van der Waals surface area contributed by atoms with E-state index in [-0.39, 0.29) is 0 Å². The first kappa shape index (κ1) is 16.0. The number of aromatic nitrogens is 1. The van der Waals surface area contributed by atoms with Crippen LogP contribution in [0.25, 0.3) is 0 Å². The van der Waals surface area contributed by atoms with Gasteiger partial charge < -0.3 is 19.5 Å². The van der Waals surface area contributed by atoms with E-state index in [0.717, 1.165) is 49.6 Å². The first-order valence-electron chi connectivity index (χ1n) is 8.13. The second-order valence-corrected chi connectivity index (χ2v) is 6.44. The Morgan fingerprint density at radius 2 is 2.09 bits per heavy atom. The van der Waals surface area contributed by atoms with Crippen LogP contribution in [0.3, 0.4) is 0 Å². The number of benzene rings is 1. The molecule has 1 unspecified atom stereocenters. The van der Waals surface area contributed by atoms with Crippen molar-refractivity contribution >= 4 is 0 Å². The molecule has 1 aliphatic rings. The lowest BCUT2D eigenvalue weighted by molar-refractivity contribution is 0.340. The molecule has 0 amide bonds. The Labute approximate surface area is 137 Å². The minimum Gasteiger partial charge on any atom is -0.497 e. The molecule has 0 fully saturated rings. The van der Waals surface area contributed by atoms with E-state index >= 15 is 0 Å². The monoisotopic (exact) mass is 315 g/mol. The quantitative estimate of drug-likeness (QED) is 0.887. The van der Waals surface area contributed by atoms with E-state index in [4.69, 9.17) is 9.26 Å². The molecule has 0 aliphatic heterocycles. The van der Waals surface area contributed by atoms with Crippen molar-refractivity contribution in [3.8, 4) is 5.75 Å². The van der Waals surface area contributed by atoms with Gasteiger partial charge in [-0.15, -0.1) is 0 Å². The summed E-state index contributed by atoms with van der Waals surface area (Å²) in [7, 11) is 5.81. The van der Waals surface area contributed by atoms with Crippen molar-refractivity contribution in [3.63, 3.8) is 0 Å². The largest absolute Gasteiger partial charge is 0.497 e. The molecule has 0 spiro atoms. The Bertz CT molecular complexity index is 634. The van der Waals surface area contributed by atoms with Gasteiger partial charge in [0.05, 0.1) is 7.11 Å². The van der Waals surface area contributed by atoms with Crippen LogP contribution in [0.2, 0.25) is 0 Å². The van der Waals surface area contributed by atoms with E-state index in [1.807, 2.05) is 12.1 Å². The van der Waals surface area contributed by atoms with Gasteiger partial charge in [-0.1, -0.05) is 17.3 Å². The molecule has 0 bridgehead atoms. The average Bonchev–Trinajstić information content (AvgIpc) is 2.95. The van der Waals surface area contributed by atoms with Crippen molar-refractivity contribution in [3.05, 3.63) is 46.8 Å². The molecular formula is C18H25N3O2. The summed E-state index contributed by atoms with van der Waals surface area (Å²) >= 11 is 0. The summed E-state index contributed by atoms with van der Waals surface area (Å²) in [5.74, 6) is 1.97. The lowest BCUT2D eigenvalue weighted by atomic mass is 9.92. The normalized spacial score (nSPS) is 17.3. The van der Waals surface area contributed by atoms with Gasteiger partial charge in [0.25, 0.3) is 0 Å². The lowest BCUT2D eigenvalue weighted by Gasteiger charge is -2.23. The Morgan fingerprint density at radius 3 is 2.78 bits per heavy atom. The zero-order chi connectivity index (χ0) is 16.2. The molecule has 1 aromatic carbocycles. The predicted octanol–water partition coefficient (Wildman–Crippen LogP) is 2.39. The highest BCUT2D eigenvalue weighted by Crippen LogP contribution is 2.25. The van der Waals surface area contributed by atoms with Gasteiger partial charge >= 0.3 is 0 Å². The van der Waals surface area contributed by atoms with Gasteiger partial charge in [0.15, 0.2) is 0 Å². The van der Waals surface area contributed by atoms with E-state index < -0.39 is 0 Å². The molecule has 2 aromatic rings. The van der Waals surface area contributed by atoms with E-state index in [2.05, 4.69) is 41.6 Å². The third-order valence-electron chi connectivity index (χ3n) is 4.34. The van der Waals surface area contributed by atoms with Crippen LogP contribution >= 0.6 is 0 Å². The second-order valence-electron chi connectivity index (χ2n) is 6.44. The first-order valence-corrected chi connectivity index (χ1v) is 8.13. The van der Waals surface area contributed by atoms with E-state index in [0.29, 0.717) is 6.04 Å². The lowest BCUT2D eigenvalue weighted by Crippen LogP contribution is -2.34. The molecule has 0 saturated heterocycles. The van der Waals surface area contributed by atoms with E-state index in [9.17, 15) is 0 Å². The molecule has 1 aromatic heterocycles. The highest BCUT2D eigenvalue weighted by Gasteiger charge is 2.25. The maximum atomic E-state index is 5.51. The molecule has 1 aliphatic carbocycles. The molecule has 1 atom stereocenters. The number of hydrogen-bond acceptors (Lipinski definition) is 5. The molecule has 0 radical (unpaired) electrons. The number of methoxy groups -OCH3 is 1.